The van der Waals surface area contributed by atoms with Crippen molar-refractivity contribution in [1.29, 1.82) is 0 Å². The third-order valence-electron chi connectivity index (χ3n) is 3.70. The summed E-state index contributed by atoms with van der Waals surface area (Å²) >= 11 is 0. The molecular formula is C16H18NaO3P. The van der Waals surface area contributed by atoms with E-state index in [9.17, 15) is 14.3 Å². The molecule has 0 aromatic heterocycles. The van der Waals surface area contributed by atoms with Crippen molar-refractivity contribution in [3.05, 3.63) is 64.2 Å². The SMILES string of the molecule is Cc1ccc(C(=O)c2ccccc2[PH](=O)O)c(C)c1C.[NaH]. The summed E-state index contributed by atoms with van der Waals surface area (Å²) in [5.41, 5.74) is 4.02. The van der Waals surface area contributed by atoms with Gasteiger partial charge < -0.3 is 4.89 Å². The molecule has 3 nitrogen and oxygen atoms in total. The number of benzene rings is 2. The normalized spacial score (nSPS) is 11.6. The fourth-order valence-electron chi connectivity index (χ4n) is 2.21. The van der Waals surface area contributed by atoms with Crippen LogP contribution in [0.25, 0.3) is 0 Å². The standard InChI is InChI=1S/C16H17O3P.Na.H/c1-10-8-9-13(12(3)11(10)2)16(17)14-6-4-5-7-15(14)20(18)19;;/h4-9,20H,1-3H3,(H,18,19);;. The number of hydrogen-bond acceptors (Lipinski definition) is 2. The van der Waals surface area contributed by atoms with Crippen LogP contribution in [0.3, 0.4) is 0 Å². The van der Waals surface area contributed by atoms with Crippen molar-refractivity contribution in [2.75, 3.05) is 0 Å². The van der Waals surface area contributed by atoms with Crippen LogP contribution >= 0.6 is 8.03 Å². The molecule has 0 aliphatic carbocycles. The maximum atomic E-state index is 12.6. The molecule has 0 aliphatic heterocycles. The summed E-state index contributed by atoms with van der Waals surface area (Å²) in [5, 5.41) is 0.222. The second-order valence-electron chi connectivity index (χ2n) is 4.86. The minimum absolute atomic E-state index is 0. The van der Waals surface area contributed by atoms with Crippen LogP contribution in [0.15, 0.2) is 36.4 Å². The van der Waals surface area contributed by atoms with E-state index < -0.39 is 8.03 Å². The van der Waals surface area contributed by atoms with Crippen LogP contribution < -0.4 is 5.30 Å². The molecule has 0 bridgehead atoms. The average molecular weight is 312 g/mol. The molecule has 0 aliphatic rings. The summed E-state index contributed by atoms with van der Waals surface area (Å²) in [7, 11) is -2.90. The molecule has 1 N–H and O–H groups in total. The van der Waals surface area contributed by atoms with Crippen LogP contribution in [-0.4, -0.2) is 40.2 Å². The van der Waals surface area contributed by atoms with Crippen LogP contribution in [0.5, 0.6) is 0 Å². The fraction of sp³-hybridized carbons (Fsp3) is 0.188. The van der Waals surface area contributed by atoms with Gasteiger partial charge in [0.1, 0.15) is 0 Å². The first-order chi connectivity index (χ1) is 9.43. The number of rotatable bonds is 3. The Labute approximate surface area is 147 Å². The van der Waals surface area contributed by atoms with Crippen LogP contribution in [0, 0.1) is 20.8 Å². The molecule has 1 unspecified atom stereocenters. The molecule has 0 spiro atoms. The summed E-state index contributed by atoms with van der Waals surface area (Å²) in [5.74, 6) is -0.200. The van der Waals surface area contributed by atoms with Gasteiger partial charge in [0.15, 0.2) is 5.78 Å². The Morgan fingerprint density at radius 3 is 2.19 bits per heavy atom. The first kappa shape index (κ1) is 18.3. The molecule has 106 valence electrons. The Kier molecular flexibility index (Phi) is 6.58. The van der Waals surface area contributed by atoms with Gasteiger partial charge in [-0.1, -0.05) is 30.3 Å². The molecule has 21 heavy (non-hydrogen) atoms. The first-order valence-corrected chi connectivity index (χ1v) is 7.73. The van der Waals surface area contributed by atoms with E-state index in [0.29, 0.717) is 11.1 Å². The van der Waals surface area contributed by atoms with Crippen LogP contribution in [0.2, 0.25) is 0 Å². The van der Waals surface area contributed by atoms with Gasteiger partial charge in [-0.25, -0.2) is 0 Å². The molecule has 5 heteroatoms. The van der Waals surface area contributed by atoms with E-state index in [-0.39, 0.29) is 40.6 Å². The van der Waals surface area contributed by atoms with E-state index in [0.717, 1.165) is 16.7 Å². The summed E-state index contributed by atoms with van der Waals surface area (Å²) in [6, 6.07) is 10.2. The minimum atomic E-state index is -2.90. The molecule has 0 fully saturated rings. The van der Waals surface area contributed by atoms with Crippen molar-refractivity contribution < 1.29 is 14.3 Å². The van der Waals surface area contributed by atoms with E-state index in [4.69, 9.17) is 0 Å². The number of ketones is 1. The second kappa shape index (κ2) is 7.53. The van der Waals surface area contributed by atoms with Gasteiger partial charge in [0.2, 0.25) is 8.03 Å². The monoisotopic (exact) mass is 312 g/mol. The third-order valence-corrected chi connectivity index (χ3v) is 4.60. The Bertz CT molecular complexity index is 711. The Hall–Kier alpha value is -0.700. The molecule has 0 saturated heterocycles. The van der Waals surface area contributed by atoms with Gasteiger partial charge in [0.05, 0.1) is 0 Å². The molecule has 0 radical (unpaired) electrons. The van der Waals surface area contributed by atoms with Gasteiger partial charge >= 0.3 is 29.6 Å². The Morgan fingerprint density at radius 1 is 0.952 bits per heavy atom. The van der Waals surface area contributed by atoms with Gasteiger partial charge in [0, 0.05) is 16.4 Å². The van der Waals surface area contributed by atoms with Crippen LogP contribution in [0.4, 0.5) is 0 Å². The van der Waals surface area contributed by atoms with Gasteiger partial charge in [0.25, 0.3) is 0 Å². The van der Waals surface area contributed by atoms with E-state index >= 15 is 0 Å². The molecule has 0 heterocycles. The van der Waals surface area contributed by atoms with Crippen molar-refractivity contribution in [2.45, 2.75) is 20.8 Å². The number of aryl methyl sites for hydroxylation is 1. The van der Waals surface area contributed by atoms with Crippen molar-refractivity contribution in [2.24, 2.45) is 0 Å². The Morgan fingerprint density at radius 2 is 1.57 bits per heavy atom. The zero-order valence-electron chi connectivity index (χ0n) is 11.7. The molecule has 0 saturated carbocycles. The van der Waals surface area contributed by atoms with E-state index in [2.05, 4.69) is 0 Å². The third kappa shape index (κ3) is 3.74. The maximum absolute atomic E-state index is 12.6. The summed E-state index contributed by atoms with van der Waals surface area (Å²) in [6.45, 7) is 5.87. The quantitative estimate of drug-likeness (QED) is 0.537. The van der Waals surface area contributed by atoms with E-state index in [1.165, 1.54) is 6.07 Å². The van der Waals surface area contributed by atoms with Crippen molar-refractivity contribution >= 4 is 48.7 Å². The van der Waals surface area contributed by atoms with Crippen molar-refractivity contribution in [3.63, 3.8) is 0 Å². The molecule has 2 rings (SSSR count). The number of carbonyl (C=O) groups is 1. The number of hydrogen-bond donors (Lipinski definition) is 1. The van der Waals surface area contributed by atoms with Gasteiger partial charge in [-0.3, -0.25) is 9.36 Å². The van der Waals surface area contributed by atoms with E-state index in [1.54, 1.807) is 24.3 Å². The predicted molar refractivity (Wildman–Crippen MR) is 88.5 cm³/mol. The first-order valence-electron chi connectivity index (χ1n) is 6.37. The van der Waals surface area contributed by atoms with E-state index in [1.807, 2.05) is 26.8 Å². The van der Waals surface area contributed by atoms with Gasteiger partial charge in [-0.15, -0.1) is 0 Å². The summed E-state index contributed by atoms with van der Waals surface area (Å²) in [6.07, 6.45) is 0. The van der Waals surface area contributed by atoms with Crippen molar-refractivity contribution in [3.8, 4) is 0 Å². The fourth-order valence-corrected chi connectivity index (χ4v) is 2.88. The van der Waals surface area contributed by atoms with Crippen LogP contribution in [-0.2, 0) is 4.57 Å². The molecular weight excluding hydrogens is 294 g/mol. The average Bonchev–Trinajstić information content (AvgIpc) is 2.44. The molecule has 2 aromatic rings. The number of carbonyl (C=O) groups excluding carboxylic acids is 1. The Balaban J connectivity index is 0.00000220. The second-order valence-corrected chi connectivity index (χ2v) is 6.01. The predicted octanol–water partition coefficient (Wildman–Crippen LogP) is 2.29. The zero-order valence-corrected chi connectivity index (χ0v) is 12.7. The zero-order chi connectivity index (χ0) is 14.9. The molecule has 0 amide bonds. The molecule has 1 atom stereocenters. The van der Waals surface area contributed by atoms with Gasteiger partial charge in [-0.05, 0) is 43.5 Å². The topological polar surface area (TPSA) is 54.4 Å². The van der Waals surface area contributed by atoms with Gasteiger partial charge in [-0.2, -0.15) is 0 Å². The van der Waals surface area contributed by atoms with Crippen LogP contribution in [0.1, 0.15) is 32.6 Å². The molecule has 2 aromatic carbocycles. The van der Waals surface area contributed by atoms with Crippen molar-refractivity contribution in [1.82, 2.24) is 0 Å². The summed E-state index contributed by atoms with van der Waals surface area (Å²) in [4.78, 5) is 22.0. The summed E-state index contributed by atoms with van der Waals surface area (Å²) < 4.78 is 11.4.